The number of halogens is 4. The highest BCUT2D eigenvalue weighted by Crippen LogP contribution is 2.34. The Balaban J connectivity index is 2.15. The van der Waals surface area contributed by atoms with Gasteiger partial charge in [0.05, 0.1) is 21.6 Å². The van der Waals surface area contributed by atoms with Crippen molar-refractivity contribution < 1.29 is 18.7 Å². The fraction of sp³-hybridized carbons (Fsp3) is 0.263. The third-order valence-corrected chi connectivity index (χ3v) is 5.31. The van der Waals surface area contributed by atoms with Crippen molar-refractivity contribution >= 4 is 40.2 Å². The SMILES string of the molecule is Cc1cc(C(C)(F)F)cc2c1nc(Cc1c(Cl)ccc(C(=O)O)c1Cl)n2C. The van der Waals surface area contributed by atoms with E-state index in [1.54, 1.807) is 18.5 Å². The predicted molar refractivity (Wildman–Crippen MR) is 101 cm³/mol. The summed E-state index contributed by atoms with van der Waals surface area (Å²) in [5, 5.41) is 9.60. The van der Waals surface area contributed by atoms with E-state index >= 15 is 0 Å². The first-order valence-electron chi connectivity index (χ1n) is 8.05. The molecule has 142 valence electrons. The van der Waals surface area contributed by atoms with Crippen molar-refractivity contribution in [2.45, 2.75) is 26.2 Å². The van der Waals surface area contributed by atoms with E-state index in [1.807, 2.05) is 0 Å². The van der Waals surface area contributed by atoms with Gasteiger partial charge in [-0.25, -0.2) is 18.6 Å². The Labute approximate surface area is 164 Å². The quantitative estimate of drug-likeness (QED) is 0.607. The van der Waals surface area contributed by atoms with E-state index in [9.17, 15) is 18.7 Å². The van der Waals surface area contributed by atoms with Crippen LogP contribution in [0.2, 0.25) is 10.0 Å². The summed E-state index contributed by atoms with van der Waals surface area (Å²) in [7, 11) is 1.71. The van der Waals surface area contributed by atoms with Gasteiger partial charge in [0.2, 0.25) is 0 Å². The molecule has 27 heavy (non-hydrogen) atoms. The van der Waals surface area contributed by atoms with E-state index in [1.165, 1.54) is 24.3 Å². The molecule has 0 spiro atoms. The van der Waals surface area contributed by atoms with Crippen LogP contribution < -0.4 is 0 Å². The lowest BCUT2D eigenvalue weighted by molar-refractivity contribution is 0.0175. The molecule has 8 heteroatoms. The molecule has 0 saturated carbocycles. The number of nitrogens with zero attached hydrogens (tertiary/aromatic N) is 2. The number of imidazole rings is 1. The number of benzene rings is 2. The van der Waals surface area contributed by atoms with Crippen LogP contribution in [-0.4, -0.2) is 20.6 Å². The summed E-state index contributed by atoms with van der Waals surface area (Å²) in [6.45, 7) is 2.57. The smallest absolute Gasteiger partial charge is 0.337 e. The molecule has 3 aromatic rings. The molecule has 0 saturated heterocycles. The third kappa shape index (κ3) is 3.51. The normalized spacial score (nSPS) is 12.0. The van der Waals surface area contributed by atoms with E-state index < -0.39 is 11.9 Å². The van der Waals surface area contributed by atoms with Crippen molar-refractivity contribution in [2.24, 2.45) is 7.05 Å². The average molecular weight is 413 g/mol. The van der Waals surface area contributed by atoms with E-state index in [4.69, 9.17) is 23.2 Å². The van der Waals surface area contributed by atoms with Crippen molar-refractivity contribution in [3.63, 3.8) is 0 Å². The van der Waals surface area contributed by atoms with E-state index in [-0.39, 0.29) is 22.6 Å². The molecule has 0 fully saturated rings. The van der Waals surface area contributed by atoms with Crippen LogP contribution in [0.1, 0.15) is 39.8 Å². The highest BCUT2D eigenvalue weighted by Gasteiger charge is 2.26. The van der Waals surface area contributed by atoms with Crippen molar-refractivity contribution in [1.82, 2.24) is 9.55 Å². The monoisotopic (exact) mass is 412 g/mol. The van der Waals surface area contributed by atoms with E-state index in [0.717, 1.165) is 6.92 Å². The highest BCUT2D eigenvalue weighted by atomic mass is 35.5. The Morgan fingerprint density at radius 2 is 1.96 bits per heavy atom. The maximum Gasteiger partial charge on any atom is 0.337 e. The lowest BCUT2D eigenvalue weighted by Gasteiger charge is -2.12. The van der Waals surface area contributed by atoms with Crippen molar-refractivity contribution in [3.05, 3.63) is 62.4 Å². The first kappa shape index (κ1) is 19.6. The summed E-state index contributed by atoms with van der Waals surface area (Å²) in [6, 6.07) is 5.64. The lowest BCUT2D eigenvalue weighted by atomic mass is 10.1. The number of rotatable bonds is 4. The van der Waals surface area contributed by atoms with Crippen LogP contribution >= 0.6 is 23.2 Å². The van der Waals surface area contributed by atoms with Gasteiger partial charge < -0.3 is 9.67 Å². The molecule has 0 amide bonds. The van der Waals surface area contributed by atoms with Gasteiger partial charge in [0.1, 0.15) is 5.82 Å². The molecule has 0 aliphatic carbocycles. The number of carboxylic acids is 1. The molecule has 1 N–H and O–H groups in total. The first-order chi connectivity index (χ1) is 12.5. The molecule has 1 heterocycles. The fourth-order valence-electron chi connectivity index (χ4n) is 3.00. The minimum absolute atomic E-state index is 0.0413. The number of aromatic nitrogens is 2. The van der Waals surface area contributed by atoms with Crippen LogP contribution in [0.15, 0.2) is 24.3 Å². The maximum atomic E-state index is 13.8. The zero-order valence-electron chi connectivity index (χ0n) is 14.8. The number of aromatic carboxylic acids is 1. The molecular weight excluding hydrogens is 397 g/mol. The fourth-order valence-corrected chi connectivity index (χ4v) is 3.58. The van der Waals surface area contributed by atoms with Crippen LogP contribution in [-0.2, 0) is 19.4 Å². The molecule has 0 unspecified atom stereocenters. The minimum Gasteiger partial charge on any atom is -0.478 e. The number of carboxylic acid groups (broad SMARTS) is 1. The highest BCUT2D eigenvalue weighted by molar-refractivity contribution is 6.37. The summed E-state index contributed by atoms with van der Waals surface area (Å²) < 4.78 is 29.2. The van der Waals surface area contributed by atoms with Gasteiger partial charge in [0.25, 0.3) is 5.92 Å². The van der Waals surface area contributed by atoms with Gasteiger partial charge in [-0.3, -0.25) is 0 Å². The molecule has 0 radical (unpaired) electrons. The number of carbonyl (C=O) groups is 1. The van der Waals surface area contributed by atoms with Gasteiger partial charge in [-0.15, -0.1) is 0 Å². The maximum absolute atomic E-state index is 13.8. The van der Waals surface area contributed by atoms with Gasteiger partial charge in [-0.05, 0) is 42.3 Å². The van der Waals surface area contributed by atoms with Gasteiger partial charge in [-0.2, -0.15) is 0 Å². The van der Waals surface area contributed by atoms with Crippen LogP contribution in [0, 0.1) is 6.92 Å². The summed E-state index contributed by atoms with van der Waals surface area (Å²) in [4.78, 5) is 15.8. The van der Waals surface area contributed by atoms with Crippen molar-refractivity contribution in [2.75, 3.05) is 0 Å². The third-order valence-electron chi connectivity index (χ3n) is 4.53. The van der Waals surface area contributed by atoms with E-state index in [2.05, 4.69) is 4.98 Å². The standard InChI is InChI=1S/C19H16Cl2F2N2O2/c1-9-6-10(19(2,22)23)7-14-17(9)24-15(25(14)3)8-12-13(20)5-4-11(16(12)21)18(26)27/h4-7H,8H2,1-3H3,(H,26,27). The molecular formula is C19H16Cl2F2N2O2. The van der Waals surface area contributed by atoms with Gasteiger partial charge >= 0.3 is 5.97 Å². The Kier molecular flexibility index (Phi) is 4.91. The Hall–Kier alpha value is -2.18. The lowest BCUT2D eigenvalue weighted by Crippen LogP contribution is -2.08. The molecule has 4 nitrogen and oxygen atoms in total. The van der Waals surface area contributed by atoms with Crippen LogP contribution in [0.25, 0.3) is 11.0 Å². The molecule has 0 atom stereocenters. The van der Waals surface area contributed by atoms with Crippen LogP contribution in [0.5, 0.6) is 0 Å². The Bertz CT molecular complexity index is 1070. The van der Waals surface area contributed by atoms with Crippen molar-refractivity contribution in [3.8, 4) is 0 Å². The number of fused-ring (bicyclic) bond motifs is 1. The zero-order valence-corrected chi connectivity index (χ0v) is 16.3. The second kappa shape index (κ2) is 6.77. The average Bonchev–Trinajstić information content (AvgIpc) is 2.87. The largest absolute Gasteiger partial charge is 0.478 e. The number of aryl methyl sites for hydroxylation is 2. The summed E-state index contributed by atoms with van der Waals surface area (Å²) in [5.41, 5.74) is 2.06. The van der Waals surface area contributed by atoms with Crippen LogP contribution in [0.3, 0.4) is 0 Å². The summed E-state index contributed by atoms with van der Waals surface area (Å²) >= 11 is 12.4. The van der Waals surface area contributed by atoms with E-state index in [0.29, 0.717) is 33.0 Å². The Morgan fingerprint density at radius 1 is 1.30 bits per heavy atom. The second-order valence-corrected chi connectivity index (χ2v) is 7.29. The van der Waals surface area contributed by atoms with Crippen LogP contribution in [0.4, 0.5) is 8.78 Å². The first-order valence-corrected chi connectivity index (χ1v) is 8.80. The summed E-state index contributed by atoms with van der Waals surface area (Å²) in [6.07, 6.45) is 0.168. The molecule has 0 aliphatic heterocycles. The second-order valence-electron chi connectivity index (χ2n) is 6.51. The zero-order chi connectivity index (χ0) is 20.1. The topological polar surface area (TPSA) is 55.1 Å². The van der Waals surface area contributed by atoms with Crippen molar-refractivity contribution in [1.29, 1.82) is 0 Å². The van der Waals surface area contributed by atoms with Gasteiger partial charge in [0.15, 0.2) is 0 Å². The molecule has 3 rings (SSSR count). The number of hydrogen-bond acceptors (Lipinski definition) is 2. The minimum atomic E-state index is -2.97. The summed E-state index contributed by atoms with van der Waals surface area (Å²) in [5.74, 6) is -3.59. The number of hydrogen-bond donors (Lipinski definition) is 1. The molecule has 0 bridgehead atoms. The van der Waals surface area contributed by atoms with Gasteiger partial charge in [-0.1, -0.05) is 23.2 Å². The predicted octanol–water partition coefficient (Wildman–Crippen LogP) is 5.59. The molecule has 0 aliphatic rings. The van der Waals surface area contributed by atoms with Gasteiger partial charge in [0, 0.05) is 31.0 Å². The molecule has 2 aromatic carbocycles. The molecule has 1 aromatic heterocycles. The number of alkyl halides is 2. The Morgan fingerprint density at radius 3 is 2.56 bits per heavy atom.